The van der Waals surface area contributed by atoms with E-state index in [1.54, 1.807) is 6.20 Å². The van der Waals surface area contributed by atoms with Gasteiger partial charge in [0.2, 0.25) is 5.91 Å². The molecule has 3 rings (SSSR count). The average Bonchev–Trinajstić information content (AvgIpc) is 2.96. The standard InChI is InChI=1S/C17H21N3O2/c1-12-5-3-4-6-14(12)9-16(21)20-7-8-22-15(11-20)17-18-10-13(2)19-17/h3-6,10,15H,7-9,11H2,1-2H3,(H,18,19). The highest BCUT2D eigenvalue weighted by Gasteiger charge is 2.27. The minimum absolute atomic E-state index is 0.144. The minimum atomic E-state index is -0.164. The Morgan fingerprint density at radius 2 is 2.23 bits per heavy atom. The summed E-state index contributed by atoms with van der Waals surface area (Å²) < 4.78 is 5.74. The monoisotopic (exact) mass is 299 g/mol. The molecule has 1 aromatic carbocycles. The number of carbonyl (C=O) groups is 1. The average molecular weight is 299 g/mol. The zero-order valence-corrected chi connectivity index (χ0v) is 13.0. The molecule has 1 unspecified atom stereocenters. The van der Waals surface area contributed by atoms with E-state index in [0.29, 0.717) is 26.1 Å². The van der Waals surface area contributed by atoms with Gasteiger partial charge in [0, 0.05) is 18.4 Å². The van der Waals surface area contributed by atoms with Crippen LogP contribution in [0.2, 0.25) is 0 Å². The number of benzene rings is 1. The first-order valence-electron chi connectivity index (χ1n) is 7.59. The number of amides is 1. The van der Waals surface area contributed by atoms with Gasteiger partial charge in [-0.25, -0.2) is 4.98 Å². The molecule has 0 bridgehead atoms. The number of nitrogens with zero attached hydrogens (tertiary/aromatic N) is 2. The van der Waals surface area contributed by atoms with Gasteiger partial charge < -0.3 is 14.6 Å². The van der Waals surface area contributed by atoms with E-state index in [-0.39, 0.29) is 12.0 Å². The Morgan fingerprint density at radius 3 is 2.95 bits per heavy atom. The largest absolute Gasteiger partial charge is 0.367 e. The fourth-order valence-electron chi connectivity index (χ4n) is 2.72. The maximum Gasteiger partial charge on any atom is 0.227 e. The van der Waals surface area contributed by atoms with Crippen molar-refractivity contribution < 1.29 is 9.53 Å². The highest BCUT2D eigenvalue weighted by Crippen LogP contribution is 2.20. The summed E-state index contributed by atoms with van der Waals surface area (Å²) in [5.74, 6) is 0.941. The molecule has 1 aromatic heterocycles. The first-order valence-corrected chi connectivity index (χ1v) is 7.59. The third kappa shape index (κ3) is 3.20. The van der Waals surface area contributed by atoms with Gasteiger partial charge in [-0.15, -0.1) is 0 Å². The molecule has 1 saturated heterocycles. The second-order valence-corrected chi connectivity index (χ2v) is 5.75. The predicted octanol–water partition coefficient (Wildman–Crippen LogP) is 2.17. The number of imidazole rings is 1. The molecule has 1 aliphatic heterocycles. The van der Waals surface area contributed by atoms with Gasteiger partial charge in [0.05, 0.1) is 19.6 Å². The van der Waals surface area contributed by atoms with Crippen molar-refractivity contribution in [3.8, 4) is 0 Å². The van der Waals surface area contributed by atoms with Crippen LogP contribution in [0.25, 0.3) is 0 Å². The Balaban J connectivity index is 1.66. The van der Waals surface area contributed by atoms with Crippen LogP contribution in [-0.2, 0) is 16.0 Å². The molecule has 0 aliphatic carbocycles. The Morgan fingerprint density at radius 1 is 1.41 bits per heavy atom. The number of aromatic nitrogens is 2. The van der Waals surface area contributed by atoms with E-state index < -0.39 is 0 Å². The van der Waals surface area contributed by atoms with Gasteiger partial charge >= 0.3 is 0 Å². The first kappa shape index (κ1) is 14.8. The Kier molecular flexibility index (Phi) is 4.24. The van der Waals surface area contributed by atoms with Crippen LogP contribution in [0.5, 0.6) is 0 Å². The summed E-state index contributed by atoms with van der Waals surface area (Å²) in [7, 11) is 0. The lowest BCUT2D eigenvalue weighted by Crippen LogP contribution is -2.43. The quantitative estimate of drug-likeness (QED) is 0.945. The molecule has 22 heavy (non-hydrogen) atoms. The molecular formula is C17H21N3O2. The van der Waals surface area contributed by atoms with Crippen molar-refractivity contribution >= 4 is 5.91 Å². The molecule has 0 radical (unpaired) electrons. The highest BCUT2D eigenvalue weighted by molar-refractivity contribution is 5.79. The number of nitrogens with one attached hydrogen (secondary N) is 1. The van der Waals surface area contributed by atoms with Crippen molar-refractivity contribution in [2.45, 2.75) is 26.4 Å². The number of aromatic amines is 1. The van der Waals surface area contributed by atoms with Crippen LogP contribution < -0.4 is 0 Å². The number of H-pyrrole nitrogens is 1. The number of hydrogen-bond donors (Lipinski definition) is 1. The van der Waals surface area contributed by atoms with E-state index >= 15 is 0 Å². The van der Waals surface area contributed by atoms with Gasteiger partial charge in [-0.2, -0.15) is 0 Å². The summed E-state index contributed by atoms with van der Waals surface area (Å²) in [6.07, 6.45) is 2.06. The van der Waals surface area contributed by atoms with Gasteiger partial charge in [0.15, 0.2) is 0 Å². The Hall–Kier alpha value is -2.14. The number of ether oxygens (including phenoxy) is 1. The molecule has 2 aromatic rings. The molecule has 1 atom stereocenters. The van der Waals surface area contributed by atoms with E-state index in [1.807, 2.05) is 43.0 Å². The lowest BCUT2D eigenvalue weighted by molar-refractivity contribution is -0.138. The van der Waals surface area contributed by atoms with Crippen molar-refractivity contribution in [2.24, 2.45) is 0 Å². The van der Waals surface area contributed by atoms with E-state index in [9.17, 15) is 4.79 Å². The summed E-state index contributed by atoms with van der Waals surface area (Å²) in [5, 5.41) is 0. The van der Waals surface area contributed by atoms with Crippen LogP contribution in [0.4, 0.5) is 0 Å². The summed E-state index contributed by atoms with van der Waals surface area (Å²) in [4.78, 5) is 21.9. The fourth-order valence-corrected chi connectivity index (χ4v) is 2.72. The molecule has 1 fully saturated rings. The first-order chi connectivity index (χ1) is 10.6. The normalized spacial score (nSPS) is 18.5. The number of aryl methyl sites for hydroxylation is 2. The SMILES string of the molecule is Cc1cnc(C2CN(C(=O)Cc3ccccc3C)CCO2)[nH]1. The molecule has 1 amide bonds. The summed E-state index contributed by atoms with van der Waals surface area (Å²) in [6.45, 7) is 5.74. The third-order valence-electron chi connectivity index (χ3n) is 4.05. The van der Waals surface area contributed by atoms with E-state index in [0.717, 1.165) is 22.6 Å². The van der Waals surface area contributed by atoms with Gasteiger partial charge in [0.1, 0.15) is 11.9 Å². The Bertz CT molecular complexity index is 665. The molecule has 0 saturated carbocycles. The van der Waals surface area contributed by atoms with E-state index in [1.165, 1.54) is 0 Å². The zero-order valence-electron chi connectivity index (χ0n) is 13.0. The predicted molar refractivity (Wildman–Crippen MR) is 83.5 cm³/mol. The van der Waals surface area contributed by atoms with Crippen molar-refractivity contribution in [3.05, 3.63) is 53.1 Å². The summed E-state index contributed by atoms with van der Waals surface area (Å²) in [6, 6.07) is 8.02. The maximum absolute atomic E-state index is 12.5. The van der Waals surface area contributed by atoms with Crippen LogP contribution >= 0.6 is 0 Å². The van der Waals surface area contributed by atoms with E-state index in [2.05, 4.69) is 9.97 Å². The summed E-state index contributed by atoms with van der Waals surface area (Å²) in [5.41, 5.74) is 3.24. The second-order valence-electron chi connectivity index (χ2n) is 5.75. The third-order valence-corrected chi connectivity index (χ3v) is 4.05. The molecular weight excluding hydrogens is 278 g/mol. The fraction of sp³-hybridized carbons (Fsp3) is 0.412. The van der Waals surface area contributed by atoms with Crippen molar-refractivity contribution in [2.75, 3.05) is 19.7 Å². The second kappa shape index (κ2) is 6.32. The van der Waals surface area contributed by atoms with Crippen LogP contribution in [0.15, 0.2) is 30.5 Å². The van der Waals surface area contributed by atoms with Gasteiger partial charge in [-0.1, -0.05) is 24.3 Å². The molecule has 1 N–H and O–H groups in total. The summed E-state index contributed by atoms with van der Waals surface area (Å²) >= 11 is 0. The van der Waals surface area contributed by atoms with Crippen LogP contribution in [0, 0.1) is 13.8 Å². The van der Waals surface area contributed by atoms with Gasteiger partial charge in [-0.3, -0.25) is 4.79 Å². The number of hydrogen-bond acceptors (Lipinski definition) is 3. The maximum atomic E-state index is 12.5. The number of morpholine rings is 1. The topological polar surface area (TPSA) is 58.2 Å². The highest BCUT2D eigenvalue weighted by atomic mass is 16.5. The molecule has 5 heteroatoms. The van der Waals surface area contributed by atoms with Crippen LogP contribution in [-0.4, -0.2) is 40.5 Å². The van der Waals surface area contributed by atoms with Crippen LogP contribution in [0.3, 0.4) is 0 Å². The number of rotatable bonds is 3. The number of carbonyl (C=O) groups excluding carboxylic acids is 1. The minimum Gasteiger partial charge on any atom is -0.367 e. The van der Waals surface area contributed by atoms with Crippen LogP contribution in [0.1, 0.15) is 28.7 Å². The lowest BCUT2D eigenvalue weighted by Gasteiger charge is -2.32. The molecule has 2 heterocycles. The van der Waals surface area contributed by atoms with Crippen molar-refractivity contribution in [1.29, 1.82) is 0 Å². The van der Waals surface area contributed by atoms with Gasteiger partial charge in [0.25, 0.3) is 0 Å². The molecule has 0 spiro atoms. The Labute approximate surface area is 130 Å². The zero-order chi connectivity index (χ0) is 15.5. The molecule has 5 nitrogen and oxygen atoms in total. The van der Waals surface area contributed by atoms with Crippen molar-refractivity contribution in [3.63, 3.8) is 0 Å². The van der Waals surface area contributed by atoms with Gasteiger partial charge in [-0.05, 0) is 25.0 Å². The smallest absolute Gasteiger partial charge is 0.227 e. The lowest BCUT2D eigenvalue weighted by atomic mass is 10.1. The van der Waals surface area contributed by atoms with E-state index in [4.69, 9.17) is 4.74 Å². The molecule has 1 aliphatic rings. The van der Waals surface area contributed by atoms with Crippen molar-refractivity contribution in [1.82, 2.24) is 14.9 Å². The molecule has 116 valence electrons.